The molecule has 7 rings (SSSR count). The molecule has 4 fully saturated rings. The Hall–Kier alpha value is -2.76. The molecule has 0 unspecified atom stereocenters. The quantitative estimate of drug-likeness (QED) is 0.161. The van der Waals surface area contributed by atoms with E-state index in [1.165, 1.54) is 26.0 Å². The summed E-state index contributed by atoms with van der Waals surface area (Å²) in [6.07, 6.45) is 11.0. The molecule has 1 saturated heterocycles. The van der Waals surface area contributed by atoms with E-state index in [0.29, 0.717) is 64.6 Å². The first-order chi connectivity index (χ1) is 23.6. The van der Waals surface area contributed by atoms with Crippen LogP contribution in [0.15, 0.2) is 52.5 Å². The summed E-state index contributed by atoms with van der Waals surface area (Å²) in [5.41, 5.74) is 2.21. The molecule has 2 N–H and O–H groups in total. The lowest BCUT2D eigenvalue weighted by Gasteiger charge is -2.62. The van der Waals surface area contributed by atoms with Crippen molar-refractivity contribution in [3.63, 3.8) is 0 Å². The van der Waals surface area contributed by atoms with Crippen LogP contribution in [-0.4, -0.2) is 82.8 Å². The molecule has 3 aromatic rings. The molecular weight excluding hydrogens is 656 g/mol. The number of aromatic nitrogens is 2. The second kappa shape index (κ2) is 15.6. The van der Waals surface area contributed by atoms with Gasteiger partial charge in [0.15, 0.2) is 5.96 Å². The Balaban J connectivity index is 1.29. The minimum atomic E-state index is -0.341. The molecule has 4 aliphatic rings. The number of piperazine rings is 1. The van der Waals surface area contributed by atoms with E-state index in [9.17, 15) is 9.18 Å². The lowest BCUT2D eigenvalue weighted by Crippen LogP contribution is -2.65. The molecule has 8 nitrogen and oxygen atoms in total. The van der Waals surface area contributed by atoms with Crippen molar-refractivity contribution in [2.45, 2.75) is 77.5 Å². The van der Waals surface area contributed by atoms with E-state index in [4.69, 9.17) is 9.73 Å². The number of hydrogen-bond donors (Lipinski definition) is 2. The summed E-state index contributed by atoms with van der Waals surface area (Å²) in [5.74, 6) is 5.34. The van der Waals surface area contributed by atoms with Gasteiger partial charge in [0.05, 0.1) is 30.0 Å². The van der Waals surface area contributed by atoms with Crippen LogP contribution in [0.25, 0.3) is 10.9 Å². The predicted molar refractivity (Wildman–Crippen MR) is 204 cm³/mol. The topological polar surface area (TPSA) is 83.8 Å². The summed E-state index contributed by atoms with van der Waals surface area (Å²) < 4.78 is 21.2. The van der Waals surface area contributed by atoms with Crippen molar-refractivity contribution >= 4 is 46.1 Å². The lowest BCUT2D eigenvalue weighted by molar-refractivity contribution is -0.112. The van der Waals surface area contributed by atoms with Gasteiger partial charge < -0.3 is 20.3 Å². The molecule has 2 bridgehead atoms. The summed E-state index contributed by atoms with van der Waals surface area (Å²) in [4.78, 5) is 26.1. The minimum Gasteiger partial charge on any atom is -0.497 e. The Labute approximate surface area is 299 Å². The van der Waals surface area contributed by atoms with Crippen LogP contribution >= 0.6 is 23.5 Å². The zero-order chi connectivity index (χ0) is 34.7. The number of methoxy groups -OCH3 is 1. The van der Waals surface area contributed by atoms with Crippen LogP contribution in [0.3, 0.4) is 0 Å². The normalized spacial score (nSPS) is 26.4. The Bertz CT molecular complexity index is 1700. The lowest BCUT2D eigenvalue weighted by atomic mass is 9.45. The maximum Gasteiger partial charge on any atom is 0.261 e. The summed E-state index contributed by atoms with van der Waals surface area (Å²) >= 11 is 3.80. The summed E-state index contributed by atoms with van der Waals surface area (Å²) in [5, 5.41) is 8.41. The van der Waals surface area contributed by atoms with Gasteiger partial charge in [-0.1, -0.05) is 26.8 Å². The van der Waals surface area contributed by atoms with Crippen molar-refractivity contribution in [3.05, 3.63) is 64.5 Å². The SMILES string of the molecule is COc1ccc(CCn2cnc3cc(N=C(N[C@H]4C[C@H]5C[C@H]([C@H]4C)C5(C)C)N4C[C@H](CCSC)NC[C@@H]4CCSC)ccc3c2=O)c(F)c1. The fraction of sp³-hybridized carbons (Fsp3) is 0.605. The fourth-order valence-electron chi connectivity index (χ4n) is 8.37. The maximum atomic E-state index is 14.6. The van der Waals surface area contributed by atoms with E-state index in [-0.39, 0.29) is 11.4 Å². The average molecular weight is 709 g/mol. The number of nitrogens with one attached hydrogen (secondary N) is 2. The third-order valence-corrected chi connectivity index (χ3v) is 13.0. The van der Waals surface area contributed by atoms with Gasteiger partial charge in [-0.25, -0.2) is 14.4 Å². The molecule has 0 radical (unpaired) electrons. The second-order valence-electron chi connectivity index (χ2n) is 14.8. The van der Waals surface area contributed by atoms with Crippen LogP contribution in [0.1, 0.15) is 52.0 Å². The third kappa shape index (κ3) is 7.78. The highest BCUT2D eigenvalue weighted by Crippen LogP contribution is 2.61. The van der Waals surface area contributed by atoms with E-state index < -0.39 is 0 Å². The summed E-state index contributed by atoms with van der Waals surface area (Å²) in [7, 11) is 1.51. The van der Waals surface area contributed by atoms with Gasteiger partial charge in [0.2, 0.25) is 0 Å². The monoisotopic (exact) mass is 708 g/mol. The predicted octanol–water partition coefficient (Wildman–Crippen LogP) is 6.58. The first-order valence-electron chi connectivity index (χ1n) is 17.8. The standard InChI is InChI=1S/C38H53FN6O2S2/c1-24-32-17-26(38(32,2)3)18-34(24)43-37(45-22-28(12-15-48-5)40-21-29(45)13-16-49-6)42-27-8-10-31-35(19-27)41-23-44(36(31)46)14-11-25-7-9-30(47-4)20-33(25)39/h7-10,19-20,23-24,26,28-29,32,34,40H,11-18,21-22H2,1-6H3,(H,42,43)/t24-,26-,28+,29+,32-,34+/m1/s1. The van der Waals surface area contributed by atoms with Gasteiger partial charge in [-0.3, -0.25) is 9.36 Å². The van der Waals surface area contributed by atoms with E-state index >= 15 is 0 Å². The molecule has 1 aromatic heterocycles. The van der Waals surface area contributed by atoms with E-state index in [0.717, 1.165) is 60.9 Å². The molecule has 266 valence electrons. The number of guanidine groups is 1. The van der Waals surface area contributed by atoms with Crippen LogP contribution in [0.2, 0.25) is 0 Å². The third-order valence-electron chi connectivity index (χ3n) is 11.7. The number of aryl methyl sites for hydroxylation is 2. The number of fused-ring (bicyclic) bond motifs is 3. The Morgan fingerprint density at radius 1 is 1.14 bits per heavy atom. The zero-order valence-corrected chi connectivity index (χ0v) is 31.5. The molecular formula is C38H53FN6O2S2. The smallest absolute Gasteiger partial charge is 0.261 e. The van der Waals surface area contributed by atoms with Crippen LogP contribution < -0.4 is 20.9 Å². The average Bonchev–Trinajstić information content (AvgIpc) is 3.10. The molecule has 2 heterocycles. The van der Waals surface area contributed by atoms with E-state index in [1.54, 1.807) is 23.0 Å². The second-order valence-corrected chi connectivity index (χ2v) is 16.7. The van der Waals surface area contributed by atoms with Gasteiger partial charge in [-0.15, -0.1) is 0 Å². The van der Waals surface area contributed by atoms with Gasteiger partial charge in [0.1, 0.15) is 11.6 Å². The van der Waals surface area contributed by atoms with Crippen molar-refractivity contribution in [1.82, 2.24) is 25.1 Å². The Morgan fingerprint density at radius 3 is 2.65 bits per heavy atom. The van der Waals surface area contributed by atoms with Crippen molar-refractivity contribution < 1.29 is 9.13 Å². The summed E-state index contributed by atoms with van der Waals surface area (Å²) in [6, 6.07) is 11.6. The number of halogens is 1. The van der Waals surface area contributed by atoms with Gasteiger partial charge in [-0.2, -0.15) is 23.5 Å². The number of rotatable bonds is 12. The van der Waals surface area contributed by atoms with Gasteiger partial charge >= 0.3 is 0 Å². The fourth-order valence-corrected chi connectivity index (χ4v) is 9.40. The van der Waals surface area contributed by atoms with Gasteiger partial charge in [0, 0.05) is 43.8 Å². The first-order valence-corrected chi connectivity index (χ1v) is 20.6. The Morgan fingerprint density at radius 2 is 1.94 bits per heavy atom. The van der Waals surface area contributed by atoms with Crippen molar-refractivity contribution in [2.75, 3.05) is 44.2 Å². The van der Waals surface area contributed by atoms with Gasteiger partial charge in [0.25, 0.3) is 5.56 Å². The minimum absolute atomic E-state index is 0.137. The van der Waals surface area contributed by atoms with Crippen molar-refractivity contribution in [2.24, 2.45) is 28.2 Å². The van der Waals surface area contributed by atoms with E-state index in [1.807, 2.05) is 41.7 Å². The van der Waals surface area contributed by atoms with Crippen LogP contribution in [0, 0.1) is 29.0 Å². The first kappa shape index (κ1) is 36.0. The van der Waals surface area contributed by atoms with Crippen LogP contribution in [-0.2, 0) is 13.0 Å². The number of ether oxygens (including phenoxy) is 1. The molecule has 6 atom stereocenters. The highest BCUT2D eigenvalue weighted by atomic mass is 32.2. The molecule has 2 aromatic carbocycles. The molecule has 49 heavy (non-hydrogen) atoms. The molecule has 3 saturated carbocycles. The zero-order valence-electron chi connectivity index (χ0n) is 29.9. The highest BCUT2D eigenvalue weighted by molar-refractivity contribution is 7.98. The summed E-state index contributed by atoms with van der Waals surface area (Å²) in [6.45, 7) is 9.51. The number of thioether (sulfide) groups is 2. The van der Waals surface area contributed by atoms with E-state index in [2.05, 4.69) is 53.8 Å². The number of hydrogen-bond acceptors (Lipinski definition) is 7. The molecule has 1 aliphatic heterocycles. The maximum absolute atomic E-state index is 14.6. The van der Waals surface area contributed by atoms with Crippen molar-refractivity contribution in [3.8, 4) is 5.75 Å². The number of benzene rings is 2. The number of nitrogens with zero attached hydrogens (tertiary/aromatic N) is 4. The highest BCUT2D eigenvalue weighted by Gasteiger charge is 2.56. The molecule has 0 spiro atoms. The van der Waals surface area contributed by atoms with Crippen LogP contribution in [0.5, 0.6) is 5.75 Å². The molecule has 11 heteroatoms. The van der Waals surface area contributed by atoms with Crippen molar-refractivity contribution in [1.29, 1.82) is 0 Å². The molecule has 3 aliphatic carbocycles. The van der Waals surface area contributed by atoms with Gasteiger partial charge in [-0.05, 0) is 109 Å². The van der Waals surface area contributed by atoms with Crippen LogP contribution in [0.4, 0.5) is 10.1 Å². The Kier molecular flexibility index (Phi) is 11.5. The largest absolute Gasteiger partial charge is 0.497 e. The number of aliphatic imine (C=N–C) groups is 1. The molecule has 0 amide bonds.